The Morgan fingerprint density at radius 2 is 1.67 bits per heavy atom. The molecule has 86 valence electrons. The summed E-state index contributed by atoms with van der Waals surface area (Å²) in [4.78, 5) is 0. The Bertz CT molecular complexity index is 215. The van der Waals surface area contributed by atoms with Crippen molar-refractivity contribution in [3.8, 4) is 0 Å². The lowest BCUT2D eigenvalue weighted by atomic mass is 10.0. The molecule has 0 aromatic heterocycles. The van der Waals surface area contributed by atoms with Crippen LogP contribution in [0.4, 0.5) is 0 Å². The maximum atomic E-state index is 3.64. The summed E-state index contributed by atoms with van der Waals surface area (Å²) >= 11 is 0. The lowest BCUT2D eigenvalue weighted by Crippen LogP contribution is -2.32. The van der Waals surface area contributed by atoms with E-state index in [0.29, 0.717) is 0 Å². The second-order valence-electron chi connectivity index (χ2n) is 5.96. The van der Waals surface area contributed by atoms with Crippen molar-refractivity contribution in [2.75, 3.05) is 26.2 Å². The summed E-state index contributed by atoms with van der Waals surface area (Å²) in [7, 11) is 0. The van der Waals surface area contributed by atoms with Gasteiger partial charge in [0.05, 0.1) is 0 Å². The topological polar surface area (TPSA) is 24.1 Å². The van der Waals surface area contributed by atoms with Crippen LogP contribution in [0.15, 0.2) is 0 Å². The van der Waals surface area contributed by atoms with Gasteiger partial charge in [-0.3, -0.25) is 0 Å². The van der Waals surface area contributed by atoms with Gasteiger partial charge in [-0.15, -0.1) is 0 Å². The molecule has 0 aromatic carbocycles. The first-order valence-corrected chi connectivity index (χ1v) is 6.80. The number of rotatable bonds is 8. The fraction of sp³-hybridized carbons (Fsp3) is 1.00. The molecule has 2 N–H and O–H groups in total. The van der Waals surface area contributed by atoms with Gasteiger partial charge in [0.15, 0.2) is 0 Å². The summed E-state index contributed by atoms with van der Waals surface area (Å²) in [5, 5.41) is 7.18. The van der Waals surface area contributed by atoms with E-state index >= 15 is 0 Å². The van der Waals surface area contributed by atoms with E-state index in [-0.39, 0.29) is 0 Å². The Hall–Kier alpha value is -0.0800. The van der Waals surface area contributed by atoms with Crippen molar-refractivity contribution in [2.24, 2.45) is 17.3 Å². The third-order valence-corrected chi connectivity index (χ3v) is 4.42. The quantitative estimate of drug-likeness (QED) is 0.594. The molecule has 0 heterocycles. The zero-order valence-electron chi connectivity index (χ0n) is 9.73. The van der Waals surface area contributed by atoms with Crippen LogP contribution in [-0.4, -0.2) is 26.2 Å². The minimum absolute atomic E-state index is 0.774. The van der Waals surface area contributed by atoms with Crippen molar-refractivity contribution in [1.29, 1.82) is 0 Å². The van der Waals surface area contributed by atoms with Crippen LogP contribution in [0.5, 0.6) is 0 Å². The minimum Gasteiger partial charge on any atom is -0.315 e. The van der Waals surface area contributed by atoms with Crippen molar-refractivity contribution in [3.63, 3.8) is 0 Å². The molecule has 0 amide bonds. The van der Waals surface area contributed by atoms with Gasteiger partial charge >= 0.3 is 0 Å². The Morgan fingerprint density at radius 1 is 0.933 bits per heavy atom. The molecule has 0 atom stereocenters. The fourth-order valence-corrected chi connectivity index (χ4v) is 2.73. The van der Waals surface area contributed by atoms with Crippen LogP contribution < -0.4 is 10.6 Å². The van der Waals surface area contributed by atoms with Gasteiger partial charge in [0.1, 0.15) is 0 Å². The number of hydrogen-bond donors (Lipinski definition) is 2. The first kappa shape index (κ1) is 10.1. The Kier molecular flexibility index (Phi) is 2.73. The van der Waals surface area contributed by atoms with E-state index in [1.54, 1.807) is 0 Å². The van der Waals surface area contributed by atoms with E-state index in [9.17, 15) is 0 Å². The Balaban J connectivity index is 1.21. The summed E-state index contributed by atoms with van der Waals surface area (Å²) < 4.78 is 0. The summed E-state index contributed by atoms with van der Waals surface area (Å²) in [6.45, 7) is 4.89. The van der Waals surface area contributed by atoms with E-state index in [2.05, 4.69) is 10.6 Å². The summed E-state index contributed by atoms with van der Waals surface area (Å²) in [5.74, 6) is 2.12. The highest BCUT2D eigenvalue weighted by atomic mass is 15.0. The summed E-state index contributed by atoms with van der Waals surface area (Å²) in [5.41, 5.74) is 0.774. The van der Waals surface area contributed by atoms with Crippen molar-refractivity contribution < 1.29 is 0 Å². The van der Waals surface area contributed by atoms with Gasteiger partial charge in [-0.05, 0) is 62.3 Å². The van der Waals surface area contributed by atoms with E-state index in [1.807, 2.05) is 0 Å². The molecule has 15 heavy (non-hydrogen) atoms. The highest BCUT2D eigenvalue weighted by Gasteiger charge is 2.52. The lowest BCUT2D eigenvalue weighted by molar-refractivity contribution is 0.402. The Morgan fingerprint density at radius 3 is 2.27 bits per heavy atom. The zero-order chi connectivity index (χ0) is 10.1. The Labute approximate surface area is 93.2 Å². The van der Waals surface area contributed by atoms with E-state index in [4.69, 9.17) is 0 Å². The largest absolute Gasteiger partial charge is 0.315 e. The lowest BCUT2D eigenvalue weighted by Gasteiger charge is -2.15. The van der Waals surface area contributed by atoms with Crippen LogP contribution in [0.2, 0.25) is 0 Å². The first-order chi connectivity index (χ1) is 7.39. The molecular formula is C13H24N2. The van der Waals surface area contributed by atoms with Crippen LogP contribution in [0, 0.1) is 17.3 Å². The van der Waals surface area contributed by atoms with Gasteiger partial charge in [-0.1, -0.05) is 0 Å². The molecule has 2 nitrogen and oxygen atoms in total. The van der Waals surface area contributed by atoms with E-state index < -0.39 is 0 Å². The van der Waals surface area contributed by atoms with Gasteiger partial charge in [-0.25, -0.2) is 0 Å². The number of nitrogens with one attached hydrogen (secondary N) is 2. The maximum absolute atomic E-state index is 3.64. The van der Waals surface area contributed by atoms with Gasteiger partial charge in [0.25, 0.3) is 0 Å². The normalized spacial score (nSPS) is 28.0. The standard InChI is InChI=1S/C13H24N2/c1-2-11(1)9-14-7-8-15-10-13(5-6-13)12-3-4-12/h11-12,14-15H,1-10H2. The first-order valence-electron chi connectivity index (χ1n) is 6.80. The van der Waals surface area contributed by atoms with Gasteiger partial charge in [0.2, 0.25) is 0 Å². The van der Waals surface area contributed by atoms with Gasteiger partial charge < -0.3 is 10.6 Å². The average molecular weight is 208 g/mol. The van der Waals surface area contributed by atoms with Crippen molar-refractivity contribution in [3.05, 3.63) is 0 Å². The smallest absolute Gasteiger partial charge is 0.00769 e. The second-order valence-corrected chi connectivity index (χ2v) is 5.96. The summed E-state index contributed by atoms with van der Waals surface area (Å²) in [6.07, 6.45) is 8.96. The van der Waals surface area contributed by atoms with E-state index in [0.717, 1.165) is 23.8 Å². The predicted octanol–water partition coefficient (Wildman–Crippen LogP) is 1.77. The van der Waals surface area contributed by atoms with Crippen LogP contribution >= 0.6 is 0 Å². The molecule has 0 aliphatic heterocycles. The molecule has 3 saturated carbocycles. The molecular weight excluding hydrogens is 184 g/mol. The van der Waals surface area contributed by atoms with Crippen molar-refractivity contribution in [2.45, 2.75) is 38.5 Å². The van der Waals surface area contributed by atoms with Gasteiger partial charge in [0, 0.05) is 19.6 Å². The molecule has 3 aliphatic carbocycles. The van der Waals surface area contributed by atoms with Crippen LogP contribution in [0.1, 0.15) is 38.5 Å². The monoisotopic (exact) mass is 208 g/mol. The highest BCUT2D eigenvalue weighted by Crippen LogP contribution is 2.60. The molecule has 0 spiro atoms. The molecule has 3 aliphatic rings. The SMILES string of the molecule is C(CNCC1(C2CC2)CC1)NCC1CC1. The molecule has 3 fully saturated rings. The minimum atomic E-state index is 0.774. The second kappa shape index (κ2) is 4.06. The third-order valence-electron chi connectivity index (χ3n) is 4.42. The van der Waals surface area contributed by atoms with Crippen molar-refractivity contribution >= 4 is 0 Å². The number of hydrogen-bond acceptors (Lipinski definition) is 2. The predicted molar refractivity (Wildman–Crippen MR) is 62.9 cm³/mol. The zero-order valence-corrected chi connectivity index (χ0v) is 9.73. The third kappa shape index (κ3) is 2.73. The average Bonchev–Trinajstić information content (AvgIpc) is 3.12. The molecule has 0 aromatic rings. The van der Waals surface area contributed by atoms with Crippen molar-refractivity contribution in [1.82, 2.24) is 10.6 Å². The highest BCUT2D eigenvalue weighted by molar-refractivity contribution is 5.04. The molecule has 0 bridgehead atoms. The van der Waals surface area contributed by atoms with Gasteiger partial charge in [-0.2, -0.15) is 0 Å². The van der Waals surface area contributed by atoms with E-state index in [1.165, 1.54) is 58.2 Å². The molecule has 0 radical (unpaired) electrons. The molecule has 3 rings (SSSR count). The fourth-order valence-electron chi connectivity index (χ4n) is 2.73. The maximum Gasteiger partial charge on any atom is 0.00769 e. The molecule has 0 saturated heterocycles. The summed E-state index contributed by atoms with van der Waals surface area (Å²) in [6, 6.07) is 0. The molecule has 2 heteroatoms. The van der Waals surface area contributed by atoms with Crippen LogP contribution in [-0.2, 0) is 0 Å². The van der Waals surface area contributed by atoms with Crippen LogP contribution in [0.3, 0.4) is 0 Å². The van der Waals surface area contributed by atoms with Crippen LogP contribution in [0.25, 0.3) is 0 Å². The molecule has 0 unspecified atom stereocenters.